The van der Waals surface area contributed by atoms with Gasteiger partial charge in [0.25, 0.3) is 0 Å². The van der Waals surface area contributed by atoms with Gasteiger partial charge in [-0.1, -0.05) is 18.2 Å². The van der Waals surface area contributed by atoms with Gasteiger partial charge in [-0.3, -0.25) is 9.47 Å². The van der Waals surface area contributed by atoms with Gasteiger partial charge < -0.3 is 5.73 Å². The van der Waals surface area contributed by atoms with E-state index in [4.69, 9.17) is 5.73 Å². The van der Waals surface area contributed by atoms with Gasteiger partial charge in [0.2, 0.25) is 5.91 Å². The Bertz CT molecular complexity index is 1020. The van der Waals surface area contributed by atoms with Crippen LogP contribution in [0.25, 0.3) is 10.9 Å². The molecule has 7 nitrogen and oxygen atoms in total. The summed E-state index contributed by atoms with van der Waals surface area (Å²) in [4.78, 5) is 13.9. The lowest BCUT2D eigenvalue weighted by atomic mass is 9.54. The predicted octanol–water partition coefficient (Wildman–Crippen LogP) is 2.26. The fraction of sp³-hybridized carbons (Fsp3) is 0.571. The molecule has 29 heavy (non-hydrogen) atoms. The average Bonchev–Trinajstić information content (AvgIpc) is 3.00. The smallest absolute Gasteiger partial charge is 0.313 e. The molecular formula is C21H28N4O3S. The molecule has 0 radical (unpaired) electrons. The topological polar surface area (TPSA) is 106 Å². The van der Waals surface area contributed by atoms with Gasteiger partial charge >= 0.3 is 10.2 Å². The van der Waals surface area contributed by atoms with Crippen LogP contribution in [0.1, 0.15) is 44.1 Å². The molecule has 4 saturated carbocycles. The molecule has 1 aromatic heterocycles. The first-order valence-corrected chi connectivity index (χ1v) is 12.0. The highest BCUT2D eigenvalue weighted by atomic mass is 32.2. The Labute approximate surface area is 171 Å². The summed E-state index contributed by atoms with van der Waals surface area (Å²) >= 11 is 0. The normalized spacial score (nSPS) is 30.7. The van der Waals surface area contributed by atoms with Crippen LogP contribution in [0, 0.1) is 23.7 Å². The van der Waals surface area contributed by atoms with Crippen molar-refractivity contribution in [2.24, 2.45) is 29.4 Å². The van der Waals surface area contributed by atoms with Gasteiger partial charge in [-0.05, 0) is 73.8 Å². The lowest BCUT2D eigenvalue weighted by Gasteiger charge is -2.54. The van der Waals surface area contributed by atoms with Gasteiger partial charge in [0.05, 0.1) is 5.52 Å². The second-order valence-electron chi connectivity index (χ2n) is 9.18. The number of carbonyl (C=O) groups is 1. The lowest BCUT2D eigenvalue weighted by Crippen LogP contribution is -2.57. The van der Waals surface area contributed by atoms with E-state index in [1.54, 1.807) is 10.9 Å². The van der Waals surface area contributed by atoms with Crippen molar-refractivity contribution in [3.05, 3.63) is 36.0 Å². The van der Waals surface area contributed by atoms with Gasteiger partial charge in [0.1, 0.15) is 0 Å². The zero-order chi connectivity index (χ0) is 20.2. The highest BCUT2D eigenvalue weighted by Crippen LogP contribution is 2.53. The number of aryl methyl sites for hydroxylation is 1. The number of carbonyl (C=O) groups excluding carboxylic acids is 1. The Morgan fingerprint density at radius 1 is 1.07 bits per heavy atom. The van der Waals surface area contributed by atoms with Crippen molar-refractivity contribution in [3.63, 3.8) is 0 Å². The van der Waals surface area contributed by atoms with E-state index in [0.29, 0.717) is 18.3 Å². The number of nitrogens with zero attached hydrogens (tertiary/aromatic N) is 1. The van der Waals surface area contributed by atoms with Gasteiger partial charge in [-0.2, -0.15) is 13.1 Å². The molecule has 4 N–H and O–H groups in total. The van der Waals surface area contributed by atoms with E-state index in [2.05, 4.69) is 9.55 Å². The number of para-hydroxylation sites is 1. The van der Waals surface area contributed by atoms with Gasteiger partial charge in [-0.25, -0.2) is 4.83 Å². The molecule has 8 heteroatoms. The average molecular weight is 417 g/mol. The van der Waals surface area contributed by atoms with Crippen LogP contribution in [-0.2, 0) is 21.4 Å². The van der Waals surface area contributed by atoms with Crippen LogP contribution in [0.4, 0.5) is 0 Å². The molecule has 6 rings (SSSR count). The van der Waals surface area contributed by atoms with Crippen LogP contribution < -0.4 is 15.3 Å². The summed E-state index contributed by atoms with van der Waals surface area (Å²) in [5, 5.41) is 0.922. The summed E-state index contributed by atoms with van der Waals surface area (Å²) in [5.74, 6) is 2.16. The first-order chi connectivity index (χ1) is 13.9. The molecule has 4 bridgehead atoms. The number of aromatic nitrogens is 1. The summed E-state index contributed by atoms with van der Waals surface area (Å²) < 4.78 is 30.5. The Morgan fingerprint density at radius 3 is 2.38 bits per heavy atom. The third kappa shape index (κ3) is 3.64. The summed E-state index contributed by atoms with van der Waals surface area (Å²) in [6.45, 7) is 0. The van der Waals surface area contributed by atoms with Crippen LogP contribution in [-0.4, -0.2) is 25.0 Å². The Morgan fingerprint density at radius 2 is 1.72 bits per heavy atom. The molecule has 0 unspecified atom stereocenters. The second-order valence-corrected chi connectivity index (χ2v) is 10.6. The van der Waals surface area contributed by atoms with Crippen LogP contribution in [0.2, 0.25) is 0 Å². The van der Waals surface area contributed by atoms with E-state index in [9.17, 15) is 13.2 Å². The third-order valence-corrected chi connectivity index (χ3v) is 8.19. The van der Waals surface area contributed by atoms with E-state index < -0.39 is 10.2 Å². The molecule has 1 aromatic carbocycles. The number of hydrogen-bond donors (Lipinski definition) is 3. The van der Waals surface area contributed by atoms with Crippen molar-refractivity contribution in [2.45, 2.75) is 51.0 Å². The van der Waals surface area contributed by atoms with Crippen molar-refractivity contribution >= 4 is 27.0 Å². The second kappa shape index (κ2) is 7.02. The fourth-order valence-corrected chi connectivity index (χ4v) is 7.44. The summed E-state index contributed by atoms with van der Waals surface area (Å²) in [6.07, 6.45) is 8.43. The van der Waals surface area contributed by atoms with Gasteiger partial charge in [0.15, 0.2) is 0 Å². The number of benzene rings is 1. The Kier molecular flexibility index (Phi) is 4.58. The standard InChI is InChI=1S/C21H28N4O3S/c22-20(26)6-5-15-12-25(19-4-2-1-3-18(15)19)24-29(27,28)23-21-16-8-13-7-14(10-16)11-17(21)9-13/h1-4,12-14,16-17,21,23-24H,5-11H2,(H2,22,26). The summed E-state index contributed by atoms with van der Waals surface area (Å²) in [7, 11) is -3.72. The molecule has 1 amide bonds. The van der Waals surface area contributed by atoms with Gasteiger partial charge in [0, 0.05) is 24.0 Å². The number of fused-ring (bicyclic) bond motifs is 1. The van der Waals surface area contributed by atoms with Crippen molar-refractivity contribution in [3.8, 4) is 0 Å². The highest BCUT2D eigenvalue weighted by molar-refractivity contribution is 7.90. The monoisotopic (exact) mass is 416 g/mol. The van der Waals surface area contributed by atoms with Crippen LogP contribution in [0.15, 0.2) is 30.5 Å². The summed E-state index contributed by atoms with van der Waals surface area (Å²) in [6, 6.07) is 7.62. The van der Waals surface area contributed by atoms with E-state index in [1.807, 2.05) is 24.3 Å². The molecule has 4 fully saturated rings. The highest BCUT2D eigenvalue weighted by Gasteiger charge is 2.49. The first kappa shape index (κ1) is 18.9. The number of amides is 1. The lowest BCUT2D eigenvalue weighted by molar-refractivity contribution is -0.117. The fourth-order valence-electron chi connectivity index (χ4n) is 6.24. The predicted molar refractivity (Wildman–Crippen MR) is 112 cm³/mol. The maximum absolute atomic E-state index is 13.0. The van der Waals surface area contributed by atoms with E-state index >= 15 is 0 Å². The molecule has 0 saturated heterocycles. The van der Waals surface area contributed by atoms with Crippen LogP contribution in [0.3, 0.4) is 0 Å². The van der Waals surface area contributed by atoms with E-state index in [-0.39, 0.29) is 18.4 Å². The van der Waals surface area contributed by atoms with Crippen LogP contribution in [0.5, 0.6) is 0 Å². The molecule has 2 aromatic rings. The third-order valence-electron chi connectivity index (χ3n) is 7.17. The zero-order valence-corrected chi connectivity index (χ0v) is 17.2. The number of rotatable bonds is 7. The van der Waals surface area contributed by atoms with Gasteiger partial charge in [-0.15, -0.1) is 0 Å². The van der Waals surface area contributed by atoms with Crippen LogP contribution >= 0.6 is 0 Å². The van der Waals surface area contributed by atoms with E-state index in [1.165, 1.54) is 6.42 Å². The Balaban J connectivity index is 1.36. The zero-order valence-electron chi connectivity index (χ0n) is 16.4. The number of nitrogens with two attached hydrogens (primary N) is 1. The summed E-state index contributed by atoms with van der Waals surface area (Å²) in [5.41, 5.74) is 6.95. The molecule has 0 aliphatic heterocycles. The number of nitrogens with one attached hydrogen (secondary N) is 2. The SMILES string of the molecule is NC(=O)CCc1cn(NS(=O)(=O)NC2C3CC4CC(C3)CC2C4)c2ccccc12. The molecule has 0 spiro atoms. The first-order valence-electron chi connectivity index (χ1n) is 10.6. The molecule has 1 heterocycles. The quantitative estimate of drug-likeness (QED) is 0.644. The molecule has 0 atom stereocenters. The van der Waals surface area contributed by atoms with Crippen molar-refractivity contribution in [1.29, 1.82) is 0 Å². The van der Waals surface area contributed by atoms with E-state index in [0.717, 1.165) is 54.0 Å². The van der Waals surface area contributed by atoms with Crippen molar-refractivity contribution in [2.75, 3.05) is 4.83 Å². The maximum Gasteiger partial charge on any atom is 0.313 e. The minimum absolute atomic E-state index is 0.0384. The van der Waals surface area contributed by atoms with Crippen molar-refractivity contribution in [1.82, 2.24) is 9.40 Å². The number of hydrogen-bond acceptors (Lipinski definition) is 3. The minimum atomic E-state index is -3.72. The molecular weight excluding hydrogens is 388 g/mol. The molecule has 4 aliphatic carbocycles. The number of primary amides is 1. The minimum Gasteiger partial charge on any atom is -0.370 e. The Hall–Kier alpha value is -2.06. The van der Waals surface area contributed by atoms with Crippen molar-refractivity contribution < 1.29 is 13.2 Å². The molecule has 156 valence electrons. The largest absolute Gasteiger partial charge is 0.370 e. The maximum atomic E-state index is 13.0. The molecule has 4 aliphatic rings.